The molecule has 96 valence electrons. The van der Waals surface area contributed by atoms with Crippen molar-refractivity contribution in [2.24, 2.45) is 0 Å². The summed E-state index contributed by atoms with van der Waals surface area (Å²) >= 11 is 5.84. The Morgan fingerprint density at radius 3 is 2.53 bits per heavy atom. The van der Waals surface area contributed by atoms with Crippen molar-refractivity contribution in [1.82, 2.24) is 5.32 Å². The van der Waals surface area contributed by atoms with Crippen LogP contribution in [0.15, 0.2) is 18.2 Å². The number of methoxy groups -OCH3 is 1. The van der Waals surface area contributed by atoms with E-state index in [0.717, 1.165) is 12.2 Å². The highest BCUT2D eigenvalue weighted by molar-refractivity contribution is 6.17. The van der Waals surface area contributed by atoms with E-state index in [1.54, 1.807) is 7.11 Å². The lowest BCUT2D eigenvalue weighted by Gasteiger charge is -2.20. The van der Waals surface area contributed by atoms with Crippen molar-refractivity contribution in [1.29, 1.82) is 0 Å². The van der Waals surface area contributed by atoms with Crippen LogP contribution in [0.25, 0.3) is 0 Å². The molecule has 1 aromatic rings. The van der Waals surface area contributed by atoms with Gasteiger partial charge in [-0.1, -0.05) is 26.0 Å². The maximum absolute atomic E-state index is 5.84. The summed E-state index contributed by atoms with van der Waals surface area (Å²) in [4.78, 5) is 0. The Bertz CT molecular complexity index is 352. The maximum atomic E-state index is 5.84. The highest BCUT2D eigenvalue weighted by Gasteiger charge is 2.15. The van der Waals surface area contributed by atoms with Gasteiger partial charge in [0.05, 0.1) is 7.11 Å². The van der Waals surface area contributed by atoms with Gasteiger partial charge in [-0.2, -0.15) is 0 Å². The number of halogens is 1. The Morgan fingerprint density at radius 1 is 1.35 bits per heavy atom. The molecule has 0 aromatic heterocycles. The predicted octanol–water partition coefficient (Wildman–Crippen LogP) is 3.71. The second kappa shape index (κ2) is 6.87. The van der Waals surface area contributed by atoms with Crippen LogP contribution < -0.4 is 10.1 Å². The van der Waals surface area contributed by atoms with Crippen LogP contribution in [-0.2, 0) is 0 Å². The lowest BCUT2D eigenvalue weighted by molar-refractivity contribution is 0.400. The van der Waals surface area contributed by atoms with E-state index in [0.29, 0.717) is 11.8 Å². The molecular formula is C14H22ClNO. The van der Waals surface area contributed by atoms with Crippen LogP contribution in [-0.4, -0.2) is 20.0 Å². The number of alkyl halides is 1. The zero-order valence-electron chi connectivity index (χ0n) is 11.1. The Balaban J connectivity index is 3.11. The molecule has 0 heterocycles. The average molecular weight is 256 g/mol. The van der Waals surface area contributed by atoms with Crippen molar-refractivity contribution in [2.45, 2.75) is 32.2 Å². The van der Waals surface area contributed by atoms with Crippen LogP contribution in [0.1, 0.15) is 43.4 Å². The molecule has 0 aliphatic rings. The third kappa shape index (κ3) is 3.62. The Hall–Kier alpha value is -0.730. The van der Waals surface area contributed by atoms with Gasteiger partial charge >= 0.3 is 0 Å². The molecule has 0 bridgehead atoms. The van der Waals surface area contributed by atoms with E-state index < -0.39 is 0 Å². The normalized spacial score (nSPS) is 12.8. The summed E-state index contributed by atoms with van der Waals surface area (Å²) in [5, 5.41) is 3.30. The number of benzene rings is 1. The van der Waals surface area contributed by atoms with Crippen LogP contribution in [0, 0.1) is 0 Å². The molecule has 2 nitrogen and oxygen atoms in total. The lowest BCUT2D eigenvalue weighted by atomic mass is 9.96. The first-order valence-corrected chi connectivity index (χ1v) is 6.58. The number of hydrogen-bond donors (Lipinski definition) is 1. The molecule has 1 rings (SSSR count). The molecule has 0 saturated heterocycles. The predicted molar refractivity (Wildman–Crippen MR) is 74.2 cm³/mol. The number of ether oxygens (including phenoxy) is 1. The highest BCUT2D eigenvalue weighted by Crippen LogP contribution is 2.30. The summed E-state index contributed by atoms with van der Waals surface area (Å²) in [6.45, 7) is 4.39. The standard InChI is InChI=1S/C14H22ClNO/c1-10(2)11-5-6-14(17-4)12(9-11)13(16-3)7-8-15/h5-6,9-10,13,16H,7-8H2,1-4H3. The van der Waals surface area contributed by atoms with E-state index in [2.05, 4.69) is 31.3 Å². The van der Waals surface area contributed by atoms with Crippen LogP contribution in [0.2, 0.25) is 0 Å². The molecule has 0 spiro atoms. The average Bonchev–Trinajstić information content (AvgIpc) is 2.35. The van der Waals surface area contributed by atoms with Crippen molar-refractivity contribution < 1.29 is 4.74 Å². The molecule has 1 aromatic carbocycles. The van der Waals surface area contributed by atoms with Gasteiger partial charge in [-0.3, -0.25) is 0 Å². The number of rotatable bonds is 6. The fourth-order valence-corrected chi connectivity index (χ4v) is 2.17. The van der Waals surface area contributed by atoms with Crippen LogP contribution >= 0.6 is 11.6 Å². The zero-order valence-corrected chi connectivity index (χ0v) is 11.8. The van der Waals surface area contributed by atoms with E-state index in [1.165, 1.54) is 11.1 Å². The second-order valence-corrected chi connectivity index (χ2v) is 4.85. The van der Waals surface area contributed by atoms with Gasteiger partial charge in [-0.15, -0.1) is 11.6 Å². The van der Waals surface area contributed by atoms with E-state index in [9.17, 15) is 0 Å². The van der Waals surface area contributed by atoms with Gasteiger partial charge in [0.1, 0.15) is 5.75 Å². The molecule has 17 heavy (non-hydrogen) atoms. The summed E-state index contributed by atoms with van der Waals surface area (Å²) in [6, 6.07) is 6.64. The molecule has 0 radical (unpaired) electrons. The molecule has 1 unspecified atom stereocenters. The fourth-order valence-electron chi connectivity index (χ4n) is 1.95. The summed E-state index contributed by atoms with van der Waals surface area (Å²) in [5.41, 5.74) is 2.53. The van der Waals surface area contributed by atoms with Crippen molar-refractivity contribution in [2.75, 3.05) is 20.0 Å². The molecule has 1 N–H and O–H groups in total. The molecular weight excluding hydrogens is 234 g/mol. The highest BCUT2D eigenvalue weighted by atomic mass is 35.5. The largest absolute Gasteiger partial charge is 0.496 e. The van der Waals surface area contributed by atoms with Gasteiger partial charge < -0.3 is 10.1 Å². The minimum absolute atomic E-state index is 0.251. The van der Waals surface area contributed by atoms with E-state index in [-0.39, 0.29) is 6.04 Å². The molecule has 0 fully saturated rings. The second-order valence-electron chi connectivity index (χ2n) is 4.48. The minimum atomic E-state index is 0.251. The van der Waals surface area contributed by atoms with Crippen molar-refractivity contribution >= 4 is 11.6 Å². The van der Waals surface area contributed by atoms with Crippen LogP contribution in [0.3, 0.4) is 0 Å². The first-order valence-electron chi connectivity index (χ1n) is 6.05. The van der Waals surface area contributed by atoms with E-state index in [1.807, 2.05) is 13.1 Å². The quantitative estimate of drug-likeness (QED) is 0.783. The number of nitrogens with one attached hydrogen (secondary N) is 1. The fraction of sp³-hybridized carbons (Fsp3) is 0.571. The Morgan fingerprint density at radius 2 is 2.06 bits per heavy atom. The van der Waals surface area contributed by atoms with Crippen molar-refractivity contribution in [3.05, 3.63) is 29.3 Å². The summed E-state index contributed by atoms with van der Waals surface area (Å²) < 4.78 is 5.43. The lowest BCUT2D eigenvalue weighted by Crippen LogP contribution is -2.18. The molecule has 0 amide bonds. The smallest absolute Gasteiger partial charge is 0.123 e. The minimum Gasteiger partial charge on any atom is -0.496 e. The zero-order chi connectivity index (χ0) is 12.8. The van der Waals surface area contributed by atoms with E-state index in [4.69, 9.17) is 16.3 Å². The van der Waals surface area contributed by atoms with Gasteiger partial charge in [-0.05, 0) is 31.0 Å². The van der Waals surface area contributed by atoms with Gasteiger partial charge in [0.25, 0.3) is 0 Å². The van der Waals surface area contributed by atoms with E-state index >= 15 is 0 Å². The van der Waals surface area contributed by atoms with Gasteiger partial charge in [0.2, 0.25) is 0 Å². The SMILES string of the molecule is CNC(CCCl)c1cc(C(C)C)ccc1OC. The number of hydrogen-bond acceptors (Lipinski definition) is 2. The Kier molecular flexibility index (Phi) is 5.79. The summed E-state index contributed by atoms with van der Waals surface area (Å²) in [5.74, 6) is 2.09. The topological polar surface area (TPSA) is 21.3 Å². The van der Waals surface area contributed by atoms with Gasteiger partial charge in [0.15, 0.2) is 0 Å². The molecule has 0 aliphatic carbocycles. The summed E-state index contributed by atoms with van der Waals surface area (Å²) in [7, 11) is 3.67. The van der Waals surface area contributed by atoms with Crippen LogP contribution in [0.5, 0.6) is 5.75 Å². The van der Waals surface area contributed by atoms with Crippen molar-refractivity contribution in [3.63, 3.8) is 0 Å². The van der Waals surface area contributed by atoms with Crippen LogP contribution in [0.4, 0.5) is 0 Å². The molecule has 1 atom stereocenters. The third-order valence-corrected chi connectivity index (χ3v) is 3.26. The molecule has 0 aliphatic heterocycles. The molecule has 3 heteroatoms. The summed E-state index contributed by atoms with van der Waals surface area (Å²) in [6.07, 6.45) is 0.899. The van der Waals surface area contributed by atoms with Gasteiger partial charge in [-0.25, -0.2) is 0 Å². The monoisotopic (exact) mass is 255 g/mol. The van der Waals surface area contributed by atoms with Crippen molar-refractivity contribution in [3.8, 4) is 5.75 Å². The maximum Gasteiger partial charge on any atom is 0.123 e. The van der Waals surface area contributed by atoms with Gasteiger partial charge in [0, 0.05) is 17.5 Å². The first kappa shape index (κ1) is 14.3. The Labute approximate surface area is 109 Å². The third-order valence-electron chi connectivity index (χ3n) is 3.04. The first-order chi connectivity index (χ1) is 8.13. The molecule has 0 saturated carbocycles.